The number of pyridine rings is 1. The average Bonchev–Trinajstić information content (AvgIpc) is 2.96. The zero-order valence-corrected chi connectivity index (χ0v) is 23.4. The predicted molar refractivity (Wildman–Crippen MR) is 144 cm³/mol. The van der Waals surface area contributed by atoms with Crippen molar-refractivity contribution in [2.75, 3.05) is 0 Å². The largest absolute Gasteiger partial charge is 0.238 e. The Labute approximate surface area is 241 Å². The van der Waals surface area contributed by atoms with E-state index in [4.69, 9.17) is 23.8 Å². The van der Waals surface area contributed by atoms with Crippen LogP contribution in [0.15, 0.2) is 132 Å². The number of rotatable bonds is 7. The number of benzene rings is 4. The summed E-state index contributed by atoms with van der Waals surface area (Å²) in [6.45, 7) is 0.720. The summed E-state index contributed by atoms with van der Waals surface area (Å²) >= 11 is 0. The van der Waals surface area contributed by atoms with Crippen molar-refractivity contribution in [1.29, 1.82) is 0 Å². The molecule has 0 unspecified atom stereocenters. The summed E-state index contributed by atoms with van der Waals surface area (Å²) in [7, 11) is -8.65. The first-order valence-corrected chi connectivity index (χ1v) is 15.2. The van der Waals surface area contributed by atoms with Crippen LogP contribution in [0.1, 0.15) is 5.56 Å². The molecule has 0 spiro atoms. The predicted octanol–water partition coefficient (Wildman–Crippen LogP) is 1.11. The lowest BCUT2D eigenvalue weighted by molar-refractivity contribution is -2.00. The van der Waals surface area contributed by atoms with Crippen molar-refractivity contribution in [2.24, 2.45) is 5.14 Å². The Hall–Kier alpha value is -3.93. The lowest BCUT2D eigenvalue weighted by Crippen LogP contribution is -2.68. The van der Waals surface area contributed by atoms with Crippen LogP contribution in [0.3, 0.4) is 0 Å². The van der Waals surface area contributed by atoms with Crippen LogP contribution >= 0.6 is 0 Å². The highest BCUT2D eigenvalue weighted by atomic mass is 35.7. The second kappa shape index (κ2) is 13.2. The van der Waals surface area contributed by atoms with E-state index in [-0.39, 0.29) is 4.90 Å². The van der Waals surface area contributed by atoms with Gasteiger partial charge >= 0.3 is 0 Å². The van der Waals surface area contributed by atoms with Crippen molar-refractivity contribution in [3.8, 4) is 33.6 Å². The maximum absolute atomic E-state index is 11.6. The molecule has 0 saturated heterocycles. The molecule has 41 heavy (non-hydrogen) atoms. The topological polar surface area (TPSA) is 156 Å². The van der Waals surface area contributed by atoms with E-state index >= 15 is 0 Å². The van der Waals surface area contributed by atoms with Crippen LogP contribution in [0.25, 0.3) is 33.6 Å². The highest BCUT2D eigenvalue weighted by Gasteiger charge is 2.22. The van der Waals surface area contributed by atoms with Gasteiger partial charge in [0.2, 0.25) is 21.4 Å². The summed E-state index contributed by atoms with van der Waals surface area (Å²) in [5.74, 6) is 0. The molecule has 5 rings (SSSR count). The van der Waals surface area contributed by atoms with Crippen LogP contribution in [-0.4, -0.2) is 8.42 Å². The summed E-state index contributed by atoms with van der Waals surface area (Å²) in [5.41, 5.74) is 7.88. The van der Waals surface area contributed by atoms with E-state index in [1.807, 2.05) is 30.3 Å². The number of nitrogens with zero attached hydrogens (tertiary/aromatic N) is 1. The molecule has 0 aliphatic rings. The third-order valence-electron chi connectivity index (χ3n) is 6.29. The Morgan fingerprint density at radius 3 is 1.37 bits per heavy atom. The molecule has 0 saturated carbocycles. The van der Waals surface area contributed by atoms with E-state index in [9.17, 15) is 8.42 Å². The van der Waals surface area contributed by atoms with Gasteiger partial charge in [-0.2, -0.15) is 4.57 Å². The van der Waals surface area contributed by atoms with Gasteiger partial charge in [-0.25, -0.2) is 32.2 Å². The minimum atomic E-state index is -4.94. The summed E-state index contributed by atoms with van der Waals surface area (Å²) in [6.07, 6.45) is 0.736. The quantitative estimate of drug-likeness (QED) is 0.280. The van der Waals surface area contributed by atoms with Crippen LogP contribution < -0.4 is 28.3 Å². The first kappa shape index (κ1) is 30.0. The summed E-state index contributed by atoms with van der Waals surface area (Å²) < 4.78 is 59.6. The molecule has 0 fully saturated rings. The molecule has 4 aromatic carbocycles. The third kappa shape index (κ3) is 8.78. The second-order valence-electron chi connectivity index (χ2n) is 9.08. The molecule has 5 aromatic rings. The van der Waals surface area contributed by atoms with Gasteiger partial charge in [-0.05, 0) is 53.1 Å². The molecule has 10 heteroatoms. The van der Waals surface area contributed by atoms with Gasteiger partial charge in [0, 0.05) is 29.7 Å². The van der Waals surface area contributed by atoms with E-state index in [1.54, 1.807) is 12.1 Å². The molecule has 0 aliphatic carbocycles. The van der Waals surface area contributed by atoms with Gasteiger partial charge in [-0.3, -0.25) is 0 Å². The van der Waals surface area contributed by atoms with Crippen LogP contribution in [0.5, 0.6) is 0 Å². The molecule has 0 bridgehead atoms. The van der Waals surface area contributed by atoms with Crippen molar-refractivity contribution in [3.05, 3.63) is 133 Å². The number of sulfonamides is 1. The number of nitrogens with two attached hydrogens (primary N) is 1. The number of aryl methyl sites for hydroxylation is 1. The summed E-state index contributed by atoms with van der Waals surface area (Å²) in [5, 5.41) is 5.27. The second-order valence-corrected chi connectivity index (χ2v) is 11.4. The standard InChI is InChI=1S/C31H27N2O2S.ClHO4/c32-36(34,35)29-18-16-24(17-19-29)20-21-33-30(26-12-6-2-7-13-26)22-28(25-10-4-1-5-11-25)23-31(33)27-14-8-3-9-15-27;2-1(3,4)5/h1-19,22-23H,20-21H2,(H2,32,34,35);(H,2,3,4,5)/q+1;/p-1. The van der Waals surface area contributed by atoms with E-state index in [1.165, 1.54) is 0 Å². The van der Waals surface area contributed by atoms with Crippen LogP contribution in [-0.2, 0) is 23.0 Å². The Kier molecular flexibility index (Phi) is 9.64. The highest BCUT2D eigenvalue weighted by molar-refractivity contribution is 7.89. The number of halogens is 1. The van der Waals surface area contributed by atoms with Gasteiger partial charge in [0.15, 0.2) is 6.54 Å². The molecule has 1 aromatic heterocycles. The minimum Gasteiger partial charge on any atom is -0.225 e. The van der Waals surface area contributed by atoms with Crippen molar-refractivity contribution >= 4 is 10.0 Å². The molecule has 2 N–H and O–H groups in total. The third-order valence-corrected chi connectivity index (χ3v) is 7.22. The summed E-state index contributed by atoms with van der Waals surface area (Å²) in [6, 6.07) is 42.6. The van der Waals surface area contributed by atoms with Crippen LogP contribution in [0.2, 0.25) is 0 Å². The first-order chi connectivity index (χ1) is 19.5. The zero-order chi connectivity index (χ0) is 29.5. The SMILES string of the molecule is NS(=O)(=O)c1ccc(CC[n+]2c(-c3ccccc3)cc(-c3ccccc3)cc2-c2ccccc2)cc1.[O-][Cl+3]([O-])([O-])[O-]. The van der Waals surface area contributed by atoms with Crippen LogP contribution in [0.4, 0.5) is 0 Å². The Balaban J connectivity index is 0.000000714. The lowest BCUT2D eigenvalue weighted by atomic mass is 9.98. The average molecular weight is 591 g/mol. The molecular weight excluding hydrogens is 564 g/mol. The normalized spacial score (nSPS) is 11.4. The molecule has 1 heterocycles. The van der Waals surface area contributed by atoms with E-state index in [2.05, 4.69) is 89.5 Å². The number of hydrogen-bond donors (Lipinski definition) is 1. The van der Waals surface area contributed by atoms with Crippen molar-refractivity contribution in [3.63, 3.8) is 0 Å². The number of primary sulfonamides is 1. The smallest absolute Gasteiger partial charge is 0.225 e. The Morgan fingerprint density at radius 1 is 0.585 bits per heavy atom. The fraction of sp³-hybridized carbons (Fsp3) is 0.0645. The van der Waals surface area contributed by atoms with Crippen molar-refractivity contribution in [2.45, 2.75) is 17.9 Å². The van der Waals surface area contributed by atoms with E-state index in [0.717, 1.165) is 52.2 Å². The first-order valence-electron chi connectivity index (χ1n) is 12.5. The maximum Gasteiger partial charge on any atom is 0.238 e. The van der Waals surface area contributed by atoms with Gasteiger partial charge in [0.05, 0.1) is 4.90 Å². The Morgan fingerprint density at radius 2 is 0.976 bits per heavy atom. The Bertz CT molecular complexity index is 1610. The summed E-state index contributed by atoms with van der Waals surface area (Å²) in [4.78, 5) is 0.126. The molecule has 0 atom stereocenters. The fourth-order valence-electron chi connectivity index (χ4n) is 4.44. The minimum absolute atomic E-state index is 0.126. The lowest BCUT2D eigenvalue weighted by Gasteiger charge is -2.17. The number of aromatic nitrogens is 1. The molecular formula is C31H27ClN2O6S. The van der Waals surface area contributed by atoms with Gasteiger partial charge in [0.1, 0.15) is 0 Å². The maximum atomic E-state index is 11.6. The van der Waals surface area contributed by atoms with Gasteiger partial charge in [0.25, 0.3) is 0 Å². The zero-order valence-electron chi connectivity index (χ0n) is 21.8. The van der Waals surface area contributed by atoms with Crippen molar-refractivity contribution in [1.82, 2.24) is 0 Å². The number of hydrogen-bond acceptors (Lipinski definition) is 6. The van der Waals surface area contributed by atoms with Gasteiger partial charge in [-0.1, -0.05) is 78.9 Å². The van der Waals surface area contributed by atoms with Crippen LogP contribution in [0, 0.1) is 10.2 Å². The molecule has 8 nitrogen and oxygen atoms in total. The van der Waals surface area contributed by atoms with Gasteiger partial charge < -0.3 is 0 Å². The van der Waals surface area contributed by atoms with Gasteiger partial charge in [-0.15, -0.1) is 10.2 Å². The molecule has 0 amide bonds. The van der Waals surface area contributed by atoms with Crippen molar-refractivity contribution < 1.29 is 41.9 Å². The van der Waals surface area contributed by atoms with E-state index < -0.39 is 20.3 Å². The fourth-order valence-corrected chi connectivity index (χ4v) is 4.96. The molecule has 210 valence electrons. The molecule has 0 aliphatic heterocycles. The van der Waals surface area contributed by atoms with E-state index in [0.29, 0.717) is 0 Å². The highest BCUT2D eigenvalue weighted by Crippen LogP contribution is 2.29. The molecule has 0 radical (unpaired) electrons. The monoisotopic (exact) mass is 590 g/mol.